The Hall–Kier alpha value is -1.10. The number of aliphatic carboxylic acids is 1. The Labute approximate surface area is 125 Å². The largest absolute Gasteiger partial charge is 0.480 e. The number of carboxylic acid groups (broad SMARTS) is 1. The number of carbonyl (C=O) groups is 2. The first kappa shape index (κ1) is 13.6. The highest BCUT2D eigenvalue weighted by molar-refractivity contribution is 5.83. The molecule has 4 aliphatic carbocycles. The third kappa shape index (κ3) is 2.35. The van der Waals surface area contributed by atoms with Gasteiger partial charge in [-0.25, -0.2) is 0 Å². The van der Waals surface area contributed by atoms with Gasteiger partial charge in [0.05, 0.1) is 6.54 Å². The summed E-state index contributed by atoms with van der Waals surface area (Å²) < 4.78 is 0. The molecule has 5 nitrogen and oxygen atoms in total. The van der Waals surface area contributed by atoms with E-state index in [2.05, 4.69) is 5.32 Å². The molecule has 5 rings (SSSR count). The molecule has 0 aromatic heterocycles. The Balaban J connectivity index is 1.53. The predicted molar refractivity (Wildman–Crippen MR) is 76.6 cm³/mol. The molecular weight excluding hydrogens is 268 g/mol. The molecule has 1 unspecified atom stereocenters. The fourth-order valence-corrected chi connectivity index (χ4v) is 6.01. The van der Waals surface area contributed by atoms with Crippen LogP contribution >= 0.6 is 0 Å². The van der Waals surface area contributed by atoms with E-state index in [0.29, 0.717) is 5.41 Å². The number of hydrogen-bond donors (Lipinski definition) is 2. The van der Waals surface area contributed by atoms with E-state index >= 15 is 0 Å². The van der Waals surface area contributed by atoms with Crippen LogP contribution in [0.4, 0.5) is 0 Å². The summed E-state index contributed by atoms with van der Waals surface area (Å²) in [4.78, 5) is 25.1. The molecule has 0 aromatic rings. The Morgan fingerprint density at radius 1 is 1.19 bits per heavy atom. The first-order chi connectivity index (χ1) is 10.0. The highest BCUT2D eigenvalue weighted by Gasteiger charge is 2.52. The molecule has 0 spiro atoms. The number of piperazine rings is 1. The topological polar surface area (TPSA) is 69.6 Å². The van der Waals surface area contributed by atoms with Crippen LogP contribution in [0.15, 0.2) is 0 Å². The van der Waals surface area contributed by atoms with Gasteiger partial charge >= 0.3 is 5.97 Å². The highest BCUT2D eigenvalue weighted by Crippen LogP contribution is 2.60. The van der Waals surface area contributed by atoms with Gasteiger partial charge in [0, 0.05) is 13.1 Å². The molecule has 116 valence electrons. The molecule has 2 N–H and O–H groups in total. The Bertz CT molecular complexity index is 441. The summed E-state index contributed by atoms with van der Waals surface area (Å²) in [5, 5.41) is 12.1. The average Bonchev–Trinajstić information content (AvgIpc) is 2.35. The summed E-state index contributed by atoms with van der Waals surface area (Å²) in [6, 6.07) is -0.546. The maximum atomic E-state index is 11.7. The molecule has 5 fully saturated rings. The summed E-state index contributed by atoms with van der Waals surface area (Å²) in [6.07, 6.45) is 7.93. The normalized spacial score (nSPS) is 45.6. The molecule has 1 aliphatic heterocycles. The van der Waals surface area contributed by atoms with Crippen LogP contribution in [0.3, 0.4) is 0 Å². The second-order valence-electron chi connectivity index (χ2n) is 7.98. The van der Waals surface area contributed by atoms with Gasteiger partial charge in [0.25, 0.3) is 0 Å². The van der Waals surface area contributed by atoms with Gasteiger partial charge in [-0.05, 0) is 61.7 Å². The molecule has 4 saturated carbocycles. The third-order valence-electron chi connectivity index (χ3n) is 6.27. The summed E-state index contributed by atoms with van der Waals surface area (Å²) in [5.41, 5.74) is 0.292. The van der Waals surface area contributed by atoms with Crippen LogP contribution in [-0.2, 0) is 9.59 Å². The zero-order valence-electron chi connectivity index (χ0n) is 12.4. The van der Waals surface area contributed by atoms with Crippen LogP contribution in [0.1, 0.15) is 38.5 Å². The quantitative estimate of drug-likeness (QED) is 0.817. The minimum atomic E-state index is -0.806. The standard InChI is InChI=1S/C16H24N2O3/c19-14-8-18(13(7-17-14)15(20)21)9-16-4-10-1-11(5-16)3-12(2-10)6-16/h10-13H,1-9H2,(H,17,19)(H,20,21). The van der Waals surface area contributed by atoms with Crippen LogP contribution in [0.5, 0.6) is 0 Å². The van der Waals surface area contributed by atoms with E-state index in [9.17, 15) is 14.7 Å². The van der Waals surface area contributed by atoms with E-state index in [-0.39, 0.29) is 19.0 Å². The molecule has 21 heavy (non-hydrogen) atoms. The van der Waals surface area contributed by atoms with E-state index in [0.717, 1.165) is 24.3 Å². The van der Waals surface area contributed by atoms with Crippen molar-refractivity contribution in [2.45, 2.75) is 44.6 Å². The van der Waals surface area contributed by atoms with Crippen molar-refractivity contribution in [2.75, 3.05) is 19.6 Å². The average molecular weight is 292 g/mol. The molecule has 4 bridgehead atoms. The van der Waals surface area contributed by atoms with E-state index in [1.807, 2.05) is 4.90 Å². The predicted octanol–water partition coefficient (Wildman–Crippen LogP) is 1.09. The molecule has 0 radical (unpaired) electrons. The Morgan fingerprint density at radius 3 is 2.29 bits per heavy atom. The molecular formula is C16H24N2O3. The monoisotopic (exact) mass is 292 g/mol. The first-order valence-corrected chi connectivity index (χ1v) is 8.26. The lowest BCUT2D eigenvalue weighted by atomic mass is 9.49. The maximum Gasteiger partial charge on any atom is 0.322 e. The van der Waals surface area contributed by atoms with Crippen molar-refractivity contribution < 1.29 is 14.7 Å². The summed E-state index contributed by atoms with van der Waals surface area (Å²) in [6.45, 7) is 1.31. The van der Waals surface area contributed by atoms with Crippen molar-refractivity contribution in [3.8, 4) is 0 Å². The lowest BCUT2D eigenvalue weighted by Gasteiger charge is -2.58. The van der Waals surface area contributed by atoms with Gasteiger partial charge in [0.2, 0.25) is 5.91 Å². The minimum Gasteiger partial charge on any atom is -0.480 e. The number of hydrogen-bond acceptors (Lipinski definition) is 3. The number of amides is 1. The van der Waals surface area contributed by atoms with Gasteiger partial charge in [0.15, 0.2) is 0 Å². The number of rotatable bonds is 3. The van der Waals surface area contributed by atoms with Gasteiger partial charge < -0.3 is 10.4 Å². The smallest absolute Gasteiger partial charge is 0.322 e. The highest BCUT2D eigenvalue weighted by atomic mass is 16.4. The number of carbonyl (C=O) groups excluding carboxylic acids is 1. The Morgan fingerprint density at radius 2 is 1.76 bits per heavy atom. The fraction of sp³-hybridized carbons (Fsp3) is 0.875. The number of nitrogens with one attached hydrogen (secondary N) is 1. The van der Waals surface area contributed by atoms with Crippen molar-refractivity contribution in [2.24, 2.45) is 23.2 Å². The second kappa shape index (κ2) is 4.70. The lowest BCUT2D eigenvalue weighted by molar-refractivity contribution is -0.149. The zero-order chi connectivity index (χ0) is 14.6. The van der Waals surface area contributed by atoms with Crippen LogP contribution in [0, 0.1) is 23.2 Å². The van der Waals surface area contributed by atoms with E-state index in [1.54, 1.807) is 0 Å². The molecule has 1 atom stereocenters. The third-order valence-corrected chi connectivity index (χ3v) is 6.27. The van der Waals surface area contributed by atoms with Gasteiger partial charge in [-0.2, -0.15) is 0 Å². The van der Waals surface area contributed by atoms with Crippen molar-refractivity contribution in [1.29, 1.82) is 0 Å². The van der Waals surface area contributed by atoms with Crippen molar-refractivity contribution in [3.05, 3.63) is 0 Å². The van der Waals surface area contributed by atoms with E-state index < -0.39 is 12.0 Å². The van der Waals surface area contributed by atoms with Gasteiger partial charge in [0.1, 0.15) is 6.04 Å². The van der Waals surface area contributed by atoms with Crippen LogP contribution < -0.4 is 5.32 Å². The SMILES string of the molecule is O=C1CN(CC23CC4CC(CC(C4)C2)C3)C(C(=O)O)CN1. The lowest BCUT2D eigenvalue weighted by Crippen LogP contribution is -2.61. The summed E-state index contributed by atoms with van der Waals surface area (Å²) in [7, 11) is 0. The van der Waals surface area contributed by atoms with Crippen LogP contribution in [0.2, 0.25) is 0 Å². The fourth-order valence-electron chi connectivity index (χ4n) is 6.01. The summed E-state index contributed by atoms with van der Waals surface area (Å²) in [5.74, 6) is 1.74. The van der Waals surface area contributed by atoms with Gasteiger partial charge in [-0.1, -0.05) is 0 Å². The molecule has 1 heterocycles. The zero-order valence-corrected chi connectivity index (χ0v) is 12.4. The molecule has 5 aliphatic rings. The molecule has 1 saturated heterocycles. The maximum absolute atomic E-state index is 11.7. The van der Waals surface area contributed by atoms with Crippen molar-refractivity contribution >= 4 is 11.9 Å². The van der Waals surface area contributed by atoms with Crippen molar-refractivity contribution in [3.63, 3.8) is 0 Å². The van der Waals surface area contributed by atoms with Crippen LogP contribution in [0.25, 0.3) is 0 Å². The number of nitrogens with zero attached hydrogens (tertiary/aromatic N) is 1. The molecule has 5 heteroatoms. The van der Waals surface area contributed by atoms with Gasteiger partial charge in [-0.3, -0.25) is 14.5 Å². The van der Waals surface area contributed by atoms with E-state index in [4.69, 9.17) is 0 Å². The number of carboxylic acids is 1. The molecule has 1 amide bonds. The second-order valence-corrected chi connectivity index (χ2v) is 7.98. The van der Waals surface area contributed by atoms with Crippen molar-refractivity contribution in [1.82, 2.24) is 10.2 Å². The minimum absolute atomic E-state index is 0.0303. The van der Waals surface area contributed by atoms with Crippen LogP contribution in [-0.4, -0.2) is 47.6 Å². The Kier molecular flexibility index (Phi) is 3.03. The van der Waals surface area contributed by atoms with E-state index in [1.165, 1.54) is 38.5 Å². The summed E-state index contributed by atoms with van der Waals surface area (Å²) >= 11 is 0. The first-order valence-electron chi connectivity index (χ1n) is 8.26. The van der Waals surface area contributed by atoms with Gasteiger partial charge in [-0.15, -0.1) is 0 Å². The molecule has 0 aromatic carbocycles.